The number of hydrogen-bond donors (Lipinski definition) is 3. The average Bonchev–Trinajstić information content (AvgIpc) is 2.38. The van der Waals surface area contributed by atoms with Gasteiger partial charge in [-0.15, -0.1) is 0 Å². The topological polar surface area (TPSA) is 70.1 Å². The number of aromatic nitrogens is 2. The molecule has 1 aromatic rings. The highest BCUT2D eigenvalue weighted by molar-refractivity contribution is 5.57. The second-order valence-corrected chi connectivity index (χ2v) is 4.28. The quantitative estimate of drug-likeness (QED) is 0.749. The van der Waals surface area contributed by atoms with Crippen molar-refractivity contribution in [1.82, 2.24) is 9.97 Å². The summed E-state index contributed by atoms with van der Waals surface area (Å²) >= 11 is 0. The SMILES string of the molecule is CCNc1nc(CC)nc(NCC(O)C(F)(F)F)c1C. The standard InChI is InChI=1S/C12H19F3N4O/c1-4-9-18-10(16-5-2)7(3)11(19-9)17-6-8(20)12(13,14)15/h8,20H,4-6H2,1-3H3,(H2,16,17,18,19). The first-order valence-corrected chi connectivity index (χ1v) is 6.39. The third kappa shape index (κ3) is 4.22. The highest BCUT2D eigenvalue weighted by Crippen LogP contribution is 2.23. The molecule has 20 heavy (non-hydrogen) atoms. The Morgan fingerprint density at radius 3 is 2.15 bits per heavy atom. The van der Waals surface area contributed by atoms with Crippen molar-refractivity contribution >= 4 is 11.6 Å². The molecular weight excluding hydrogens is 273 g/mol. The summed E-state index contributed by atoms with van der Waals surface area (Å²) in [4.78, 5) is 8.42. The summed E-state index contributed by atoms with van der Waals surface area (Å²) in [5.41, 5.74) is 0.624. The molecule has 0 aliphatic heterocycles. The lowest BCUT2D eigenvalue weighted by atomic mass is 10.2. The first-order valence-electron chi connectivity index (χ1n) is 6.39. The average molecular weight is 292 g/mol. The largest absolute Gasteiger partial charge is 0.416 e. The van der Waals surface area contributed by atoms with Gasteiger partial charge in [0.1, 0.15) is 17.5 Å². The predicted octanol–water partition coefficient (Wildman–Crippen LogP) is 2.11. The van der Waals surface area contributed by atoms with Crippen molar-refractivity contribution in [3.8, 4) is 0 Å². The van der Waals surface area contributed by atoms with Crippen molar-refractivity contribution in [2.24, 2.45) is 0 Å². The van der Waals surface area contributed by atoms with Crippen molar-refractivity contribution in [2.45, 2.75) is 39.5 Å². The van der Waals surface area contributed by atoms with Gasteiger partial charge in [0.15, 0.2) is 6.10 Å². The van der Waals surface area contributed by atoms with E-state index in [1.807, 2.05) is 13.8 Å². The van der Waals surface area contributed by atoms with Gasteiger partial charge in [-0.25, -0.2) is 9.97 Å². The number of aliphatic hydroxyl groups is 1. The molecule has 0 aliphatic rings. The molecule has 0 bridgehead atoms. The van der Waals surface area contributed by atoms with Gasteiger partial charge >= 0.3 is 6.18 Å². The fourth-order valence-corrected chi connectivity index (χ4v) is 1.54. The van der Waals surface area contributed by atoms with Crippen molar-refractivity contribution < 1.29 is 18.3 Å². The second-order valence-electron chi connectivity index (χ2n) is 4.28. The molecule has 114 valence electrons. The van der Waals surface area contributed by atoms with E-state index in [2.05, 4.69) is 20.6 Å². The summed E-state index contributed by atoms with van der Waals surface area (Å²) in [5, 5.41) is 14.6. The van der Waals surface area contributed by atoms with Crippen molar-refractivity contribution in [3.63, 3.8) is 0 Å². The van der Waals surface area contributed by atoms with Crippen LogP contribution in [-0.2, 0) is 6.42 Å². The van der Waals surface area contributed by atoms with Crippen LogP contribution in [0.25, 0.3) is 0 Å². The molecule has 0 saturated heterocycles. The van der Waals surface area contributed by atoms with Gasteiger partial charge in [0.2, 0.25) is 0 Å². The van der Waals surface area contributed by atoms with Gasteiger partial charge in [0.05, 0.1) is 6.54 Å². The van der Waals surface area contributed by atoms with Gasteiger partial charge in [-0.3, -0.25) is 0 Å². The Morgan fingerprint density at radius 1 is 1.15 bits per heavy atom. The molecule has 0 fully saturated rings. The predicted molar refractivity (Wildman–Crippen MR) is 70.9 cm³/mol. The van der Waals surface area contributed by atoms with Crippen LogP contribution in [-0.4, -0.2) is 40.4 Å². The summed E-state index contributed by atoms with van der Waals surface area (Å²) < 4.78 is 36.8. The van der Waals surface area contributed by atoms with Crippen molar-refractivity contribution in [3.05, 3.63) is 11.4 Å². The van der Waals surface area contributed by atoms with E-state index in [1.165, 1.54) is 0 Å². The molecule has 3 N–H and O–H groups in total. The first kappa shape index (κ1) is 16.5. The van der Waals surface area contributed by atoms with Crippen LogP contribution in [0.1, 0.15) is 25.2 Å². The third-order valence-electron chi connectivity index (χ3n) is 2.69. The van der Waals surface area contributed by atoms with Gasteiger partial charge < -0.3 is 15.7 Å². The molecule has 0 aliphatic carbocycles. The highest BCUT2D eigenvalue weighted by atomic mass is 19.4. The van der Waals surface area contributed by atoms with E-state index in [4.69, 9.17) is 5.11 Å². The Labute approximate surface area is 115 Å². The maximum absolute atomic E-state index is 12.3. The maximum Gasteiger partial charge on any atom is 0.416 e. The summed E-state index contributed by atoms with van der Waals surface area (Å²) in [6.07, 6.45) is -6.51. The summed E-state index contributed by atoms with van der Waals surface area (Å²) in [7, 11) is 0. The fraction of sp³-hybridized carbons (Fsp3) is 0.667. The monoisotopic (exact) mass is 292 g/mol. The fourth-order valence-electron chi connectivity index (χ4n) is 1.54. The molecule has 5 nitrogen and oxygen atoms in total. The lowest BCUT2D eigenvalue weighted by molar-refractivity contribution is -0.198. The second kappa shape index (κ2) is 6.74. The van der Waals surface area contributed by atoms with Gasteiger partial charge in [-0.2, -0.15) is 13.2 Å². The van der Waals surface area contributed by atoms with Crippen LogP contribution < -0.4 is 10.6 Å². The number of aliphatic hydroxyl groups excluding tert-OH is 1. The minimum Gasteiger partial charge on any atom is -0.382 e. The number of halogens is 3. The molecule has 1 rings (SSSR count). The summed E-state index contributed by atoms with van der Waals surface area (Å²) in [6, 6.07) is 0. The van der Waals surface area contributed by atoms with Crippen molar-refractivity contribution in [1.29, 1.82) is 0 Å². The van der Waals surface area contributed by atoms with Gasteiger partial charge in [0.25, 0.3) is 0 Å². The number of nitrogens with one attached hydrogen (secondary N) is 2. The Morgan fingerprint density at radius 2 is 1.70 bits per heavy atom. The summed E-state index contributed by atoms with van der Waals surface area (Å²) in [5.74, 6) is 1.41. The molecule has 1 atom stereocenters. The normalized spacial score (nSPS) is 13.2. The van der Waals surface area contributed by atoms with Crippen LogP contribution in [0.2, 0.25) is 0 Å². The van der Waals surface area contributed by atoms with E-state index < -0.39 is 18.8 Å². The van der Waals surface area contributed by atoms with E-state index in [0.717, 1.165) is 0 Å². The number of rotatable bonds is 6. The minimum atomic E-state index is -4.65. The molecule has 1 aromatic heterocycles. The van der Waals surface area contributed by atoms with Gasteiger partial charge in [0, 0.05) is 18.5 Å². The van der Waals surface area contributed by atoms with E-state index in [-0.39, 0.29) is 0 Å². The van der Waals surface area contributed by atoms with Crippen LogP contribution in [0.5, 0.6) is 0 Å². The van der Waals surface area contributed by atoms with Crippen LogP contribution in [0.3, 0.4) is 0 Å². The van der Waals surface area contributed by atoms with Crippen molar-refractivity contribution in [2.75, 3.05) is 23.7 Å². The van der Waals surface area contributed by atoms with E-state index >= 15 is 0 Å². The number of aryl methyl sites for hydroxylation is 1. The zero-order valence-electron chi connectivity index (χ0n) is 11.7. The smallest absolute Gasteiger partial charge is 0.382 e. The molecular formula is C12H19F3N4O. The minimum absolute atomic E-state index is 0.302. The zero-order valence-corrected chi connectivity index (χ0v) is 11.7. The Hall–Kier alpha value is -1.57. The first-order chi connectivity index (χ1) is 9.29. The summed E-state index contributed by atoms with van der Waals surface area (Å²) in [6.45, 7) is 5.46. The van der Waals surface area contributed by atoms with Crippen LogP contribution >= 0.6 is 0 Å². The molecule has 0 radical (unpaired) electrons. The molecule has 0 amide bonds. The van der Waals surface area contributed by atoms with Crippen LogP contribution in [0.4, 0.5) is 24.8 Å². The van der Waals surface area contributed by atoms with E-state index in [0.29, 0.717) is 36.0 Å². The Bertz CT molecular complexity index is 451. The van der Waals surface area contributed by atoms with Gasteiger partial charge in [-0.1, -0.05) is 6.92 Å². The maximum atomic E-state index is 12.3. The highest BCUT2D eigenvalue weighted by Gasteiger charge is 2.38. The molecule has 1 heterocycles. The molecule has 0 spiro atoms. The van der Waals surface area contributed by atoms with Crippen LogP contribution in [0, 0.1) is 6.92 Å². The van der Waals surface area contributed by atoms with E-state index in [1.54, 1.807) is 6.92 Å². The molecule has 1 unspecified atom stereocenters. The number of nitrogens with zero attached hydrogens (tertiary/aromatic N) is 2. The number of anilines is 2. The Balaban J connectivity index is 2.91. The molecule has 0 aromatic carbocycles. The number of alkyl halides is 3. The molecule has 8 heteroatoms. The van der Waals surface area contributed by atoms with Crippen LogP contribution in [0.15, 0.2) is 0 Å². The lowest BCUT2D eigenvalue weighted by Crippen LogP contribution is -2.35. The zero-order chi connectivity index (χ0) is 15.3. The molecule has 0 saturated carbocycles. The lowest BCUT2D eigenvalue weighted by Gasteiger charge is -2.18. The third-order valence-corrected chi connectivity index (χ3v) is 2.69. The Kier molecular flexibility index (Phi) is 5.55. The van der Waals surface area contributed by atoms with Gasteiger partial charge in [-0.05, 0) is 13.8 Å². The number of hydrogen-bond acceptors (Lipinski definition) is 5. The van der Waals surface area contributed by atoms with E-state index in [9.17, 15) is 13.2 Å².